The van der Waals surface area contributed by atoms with E-state index in [0.29, 0.717) is 5.82 Å². The molecule has 2 aliphatic rings. The fraction of sp³-hybridized carbons (Fsp3) is 0.667. The molecule has 4 nitrogen and oxygen atoms in total. The average molecular weight is 263 g/mol. The number of likely N-dealkylation sites (tertiary alicyclic amines) is 1. The lowest BCUT2D eigenvalue weighted by atomic mass is 10.2. The Morgan fingerprint density at radius 2 is 2.16 bits per heavy atom. The predicted molar refractivity (Wildman–Crippen MR) is 77.8 cm³/mol. The van der Waals surface area contributed by atoms with Crippen molar-refractivity contribution in [2.45, 2.75) is 32.7 Å². The van der Waals surface area contributed by atoms with Crippen molar-refractivity contribution in [3.63, 3.8) is 0 Å². The minimum absolute atomic E-state index is 0.620. The number of rotatable bonds is 2. The molecule has 0 amide bonds. The fourth-order valence-corrected chi connectivity index (χ4v) is 2.50. The van der Waals surface area contributed by atoms with E-state index in [9.17, 15) is 0 Å². The second-order valence-corrected chi connectivity index (χ2v) is 5.50. The van der Waals surface area contributed by atoms with Gasteiger partial charge in [-0.3, -0.25) is 4.90 Å². The molecule has 1 unspecified atom stereocenters. The van der Waals surface area contributed by atoms with Crippen molar-refractivity contribution in [1.82, 2.24) is 9.88 Å². The van der Waals surface area contributed by atoms with Crippen LogP contribution in [0.25, 0.3) is 0 Å². The van der Waals surface area contributed by atoms with Crippen LogP contribution in [0.15, 0.2) is 18.2 Å². The number of nitrogens with two attached hydrogens (primary N) is 1. The van der Waals surface area contributed by atoms with Gasteiger partial charge in [0.2, 0.25) is 0 Å². The minimum Gasteiger partial charge on any atom is -0.384 e. The van der Waals surface area contributed by atoms with Crippen LogP contribution in [0.5, 0.6) is 0 Å². The summed E-state index contributed by atoms with van der Waals surface area (Å²) < 4.78 is 4.94. The number of nitrogen functional groups attached to an aromatic ring is 1. The van der Waals surface area contributed by atoms with E-state index in [2.05, 4.69) is 16.8 Å². The molecule has 1 atom stereocenters. The average Bonchev–Trinajstić information content (AvgIpc) is 3.04. The summed E-state index contributed by atoms with van der Waals surface area (Å²) in [4.78, 5) is 6.73. The van der Waals surface area contributed by atoms with Crippen molar-refractivity contribution in [3.05, 3.63) is 23.9 Å². The van der Waals surface area contributed by atoms with E-state index in [0.717, 1.165) is 31.4 Å². The van der Waals surface area contributed by atoms with Crippen LogP contribution in [0.4, 0.5) is 5.82 Å². The number of nitrogens with zero attached hydrogens (tertiary/aromatic N) is 2. The first-order valence-electron chi connectivity index (χ1n) is 7.25. The molecule has 0 bridgehead atoms. The smallest absolute Gasteiger partial charge is 0.123 e. The minimum atomic E-state index is 0.620. The number of ether oxygens (including phenoxy) is 1. The van der Waals surface area contributed by atoms with Gasteiger partial charge in [0.05, 0.1) is 5.69 Å². The number of hydrogen-bond donors (Lipinski definition) is 1. The summed E-state index contributed by atoms with van der Waals surface area (Å²) in [5, 5.41) is 0. The summed E-state index contributed by atoms with van der Waals surface area (Å²) in [6, 6.07) is 5.84. The topological polar surface area (TPSA) is 51.4 Å². The Morgan fingerprint density at radius 1 is 1.37 bits per heavy atom. The normalized spacial score (nSPS) is 23.1. The van der Waals surface area contributed by atoms with Gasteiger partial charge in [-0.25, -0.2) is 4.98 Å². The Morgan fingerprint density at radius 3 is 2.68 bits per heavy atom. The van der Waals surface area contributed by atoms with E-state index in [-0.39, 0.29) is 0 Å². The van der Waals surface area contributed by atoms with Gasteiger partial charge in [0, 0.05) is 26.3 Å². The molecule has 0 radical (unpaired) electrons. The summed E-state index contributed by atoms with van der Waals surface area (Å²) >= 11 is 0. The molecule has 0 aromatic carbocycles. The zero-order valence-corrected chi connectivity index (χ0v) is 11.8. The fourth-order valence-electron chi connectivity index (χ4n) is 2.50. The molecular weight excluding hydrogens is 238 g/mol. The summed E-state index contributed by atoms with van der Waals surface area (Å²) in [6.45, 7) is 7.62. The molecule has 0 aliphatic carbocycles. The molecule has 2 N–H and O–H groups in total. The molecule has 3 rings (SSSR count). The first-order valence-corrected chi connectivity index (χ1v) is 7.25. The first kappa shape index (κ1) is 14.3. The highest BCUT2D eigenvalue weighted by molar-refractivity contribution is 5.28. The summed E-state index contributed by atoms with van der Waals surface area (Å²) in [5.41, 5.74) is 6.71. The van der Waals surface area contributed by atoms with Gasteiger partial charge in [0.1, 0.15) is 5.82 Å². The SMILES string of the molecule is C1CCOC1.CC1CCN(Cc2cccc(N)n2)C1. The largest absolute Gasteiger partial charge is 0.384 e. The maximum absolute atomic E-state index is 5.63. The van der Waals surface area contributed by atoms with Crippen LogP contribution in [0.1, 0.15) is 31.9 Å². The Hall–Kier alpha value is -1.13. The Bertz CT molecular complexity index is 372. The van der Waals surface area contributed by atoms with Crippen LogP contribution < -0.4 is 5.73 Å². The highest BCUT2D eigenvalue weighted by atomic mass is 16.5. The van der Waals surface area contributed by atoms with E-state index in [4.69, 9.17) is 10.5 Å². The molecular formula is C15H25N3O. The third-order valence-corrected chi connectivity index (χ3v) is 3.55. The van der Waals surface area contributed by atoms with E-state index in [1.54, 1.807) is 0 Å². The molecule has 0 saturated carbocycles. The molecule has 3 heterocycles. The second-order valence-electron chi connectivity index (χ2n) is 5.50. The van der Waals surface area contributed by atoms with Gasteiger partial charge in [-0.2, -0.15) is 0 Å². The monoisotopic (exact) mass is 263 g/mol. The molecule has 1 aromatic rings. The molecule has 2 aliphatic heterocycles. The lowest BCUT2D eigenvalue weighted by Crippen LogP contribution is -2.20. The van der Waals surface area contributed by atoms with Gasteiger partial charge in [-0.15, -0.1) is 0 Å². The van der Waals surface area contributed by atoms with Crippen LogP contribution in [0.3, 0.4) is 0 Å². The number of pyridine rings is 1. The third kappa shape index (κ3) is 5.17. The molecule has 19 heavy (non-hydrogen) atoms. The maximum Gasteiger partial charge on any atom is 0.123 e. The summed E-state index contributed by atoms with van der Waals surface area (Å²) in [6.07, 6.45) is 3.86. The quantitative estimate of drug-likeness (QED) is 0.889. The van der Waals surface area contributed by atoms with Crippen molar-refractivity contribution < 1.29 is 4.74 Å². The second kappa shape index (κ2) is 7.46. The van der Waals surface area contributed by atoms with E-state index >= 15 is 0 Å². The predicted octanol–water partition coefficient (Wildman–Crippen LogP) is 2.30. The Kier molecular flexibility index (Phi) is 5.61. The van der Waals surface area contributed by atoms with Crippen molar-refractivity contribution in [2.75, 3.05) is 32.0 Å². The van der Waals surface area contributed by atoms with Crippen LogP contribution in [-0.2, 0) is 11.3 Å². The summed E-state index contributed by atoms with van der Waals surface area (Å²) in [7, 11) is 0. The standard InChI is InChI=1S/C11H17N3.C4H8O/c1-9-5-6-14(7-9)8-10-3-2-4-11(12)13-10;1-2-4-5-3-1/h2-4,9H,5-8H2,1H3,(H2,12,13);1-4H2. The lowest BCUT2D eigenvalue weighted by Gasteiger charge is -2.14. The highest BCUT2D eigenvalue weighted by Gasteiger charge is 2.18. The van der Waals surface area contributed by atoms with Gasteiger partial charge in [-0.05, 0) is 43.9 Å². The van der Waals surface area contributed by atoms with Crippen LogP contribution in [0.2, 0.25) is 0 Å². The molecule has 4 heteroatoms. The van der Waals surface area contributed by atoms with Gasteiger partial charge in [0.25, 0.3) is 0 Å². The van der Waals surface area contributed by atoms with Crippen molar-refractivity contribution in [3.8, 4) is 0 Å². The Balaban J connectivity index is 0.000000224. The first-order chi connectivity index (χ1) is 9.24. The zero-order chi connectivity index (χ0) is 13.5. The molecule has 2 saturated heterocycles. The van der Waals surface area contributed by atoms with Crippen LogP contribution >= 0.6 is 0 Å². The van der Waals surface area contributed by atoms with Crippen LogP contribution in [0, 0.1) is 5.92 Å². The molecule has 106 valence electrons. The van der Waals surface area contributed by atoms with E-state index < -0.39 is 0 Å². The van der Waals surface area contributed by atoms with Crippen LogP contribution in [-0.4, -0.2) is 36.2 Å². The number of hydrogen-bond acceptors (Lipinski definition) is 4. The van der Waals surface area contributed by atoms with Gasteiger partial charge in [-0.1, -0.05) is 13.0 Å². The number of anilines is 1. The Labute approximate surface area is 116 Å². The van der Waals surface area contributed by atoms with E-state index in [1.165, 1.54) is 32.4 Å². The third-order valence-electron chi connectivity index (χ3n) is 3.55. The van der Waals surface area contributed by atoms with Gasteiger partial charge in [0.15, 0.2) is 0 Å². The molecule has 0 spiro atoms. The van der Waals surface area contributed by atoms with Crippen molar-refractivity contribution in [2.24, 2.45) is 5.92 Å². The number of aromatic nitrogens is 1. The van der Waals surface area contributed by atoms with Gasteiger partial charge >= 0.3 is 0 Å². The highest BCUT2D eigenvalue weighted by Crippen LogP contribution is 2.17. The zero-order valence-electron chi connectivity index (χ0n) is 11.8. The molecule has 2 fully saturated rings. The lowest BCUT2D eigenvalue weighted by molar-refractivity contribution is 0.198. The maximum atomic E-state index is 5.63. The molecule has 1 aromatic heterocycles. The van der Waals surface area contributed by atoms with Gasteiger partial charge < -0.3 is 10.5 Å². The van der Waals surface area contributed by atoms with Crippen molar-refractivity contribution >= 4 is 5.82 Å². The summed E-state index contributed by atoms with van der Waals surface area (Å²) in [5.74, 6) is 1.45. The van der Waals surface area contributed by atoms with Crippen molar-refractivity contribution in [1.29, 1.82) is 0 Å². The van der Waals surface area contributed by atoms with E-state index in [1.807, 2.05) is 18.2 Å².